The molecule has 2 unspecified atom stereocenters. The lowest BCUT2D eigenvalue weighted by molar-refractivity contribution is -0.0836. The van der Waals surface area contributed by atoms with Crippen molar-refractivity contribution in [1.29, 1.82) is 0 Å². The highest BCUT2D eigenvalue weighted by atomic mass is 28.2. The first-order valence-corrected chi connectivity index (χ1v) is 7.52. The van der Waals surface area contributed by atoms with Crippen LogP contribution in [0.3, 0.4) is 0 Å². The summed E-state index contributed by atoms with van der Waals surface area (Å²) in [6.07, 6.45) is 1.14. The van der Waals surface area contributed by atoms with Crippen molar-refractivity contribution >= 4 is 9.52 Å². The van der Waals surface area contributed by atoms with E-state index >= 15 is 0 Å². The number of hydrogen-bond donors (Lipinski definition) is 2. The molecule has 0 radical (unpaired) electrons. The van der Waals surface area contributed by atoms with E-state index in [1.54, 1.807) is 0 Å². The Morgan fingerprint density at radius 3 is 2.07 bits per heavy atom. The van der Waals surface area contributed by atoms with Crippen molar-refractivity contribution < 1.29 is 9.47 Å². The smallest absolute Gasteiger partial charge is 0.136 e. The predicted molar refractivity (Wildman–Crippen MR) is 66.4 cm³/mol. The molecule has 3 N–H and O–H groups in total. The van der Waals surface area contributed by atoms with E-state index in [1.165, 1.54) is 0 Å². The third-order valence-corrected chi connectivity index (χ3v) is 4.41. The quantitative estimate of drug-likeness (QED) is 0.440. The van der Waals surface area contributed by atoms with Gasteiger partial charge in [-0.1, -0.05) is 6.92 Å². The summed E-state index contributed by atoms with van der Waals surface area (Å²) in [5.74, 6) is 0.0243. The molecule has 0 aliphatic rings. The van der Waals surface area contributed by atoms with Gasteiger partial charge < -0.3 is 20.5 Å². The van der Waals surface area contributed by atoms with Crippen LogP contribution in [0, 0.1) is 0 Å². The SMILES string of the molecule is CCOC(OCC)[SiH2]C(CC)NC(C)N. The highest BCUT2D eigenvalue weighted by Crippen LogP contribution is 1.99. The second kappa shape index (κ2) is 9.29. The Balaban J connectivity index is 3.96. The Labute approximate surface area is 95.7 Å². The summed E-state index contributed by atoms with van der Waals surface area (Å²) in [5.41, 5.74) is 6.22. The van der Waals surface area contributed by atoms with E-state index in [4.69, 9.17) is 15.2 Å². The standard InChI is InChI=1S/C10H26N2O2Si/c1-5-9(12-8(4)11)15-10(13-6-2)14-7-3/h8-10,12H,5-7,11,15H2,1-4H3. The van der Waals surface area contributed by atoms with Gasteiger partial charge in [0.05, 0.1) is 6.17 Å². The summed E-state index contributed by atoms with van der Waals surface area (Å²) >= 11 is 0. The summed E-state index contributed by atoms with van der Waals surface area (Å²) in [4.78, 5) is 0. The van der Waals surface area contributed by atoms with E-state index < -0.39 is 9.52 Å². The molecule has 92 valence electrons. The van der Waals surface area contributed by atoms with Gasteiger partial charge in [-0.25, -0.2) is 0 Å². The summed E-state index contributed by atoms with van der Waals surface area (Å²) in [6, 6.07) is 0. The highest BCUT2D eigenvalue weighted by Gasteiger charge is 2.16. The van der Waals surface area contributed by atoms with Gasteiger partial charge in [0.1, 0.15) is 15.4 Å². The Bertz CT molecular complexity index is 141. The summed E-state index contributed by atoms with van der Waals surface area (Å²) < 4.78 is 11.1. The average molecular weight is 234 g/mol. The Morgan fingerprint density at radius 1 is 1.20 bits per heavy atom. The number of hydrogen-bond acceptors (Lipinski definition) is 4. The molecular weight excluding hydrogens is 208 g/mol. The van der Waals surface area contributed by atoms with Gasteiger partial charge in [0.2, 0.25) is 0 Å². The molecule has 0 heterocycles. The van der Waals surface area contributed by atoms with Crippen LogP contribution >= 0.6 is 0 Å². The Hall–Kier alpha value is 0.0569. The molecule has 0 amide bonds. The molecule has 4 nitrogen and oxygen atoms in total. The molecule has 0 saturated heterocycles. The third kappa shape index (κ3) is 7.93. The lowest BCUT2D eigenvalue weighted by Crippen LogP contribution is -2.48. The van der Waals surface area contributed by atoms with Crippen molar-refractivity contribution in [3.8, 4) is 0 Å². The van der Waals surface area contributed by atoms with Crippen LogP contribution in [0.5, 0.6) is 0 Å². The minimum Gasteiger partial charge on any atom is -0.357 e. The molecule has 0 rings (SSSR count). The van der Waals surface area contributed by atoms with Crippen LogP contribution in [0.4, 0.5) is 0 Å². The zero-order valence-corrected chi connectivity index (χ0v) is 11.9. The highest BCUT2D eigenvalue weighted by molar-refractivity contribution is 6.38. The largest absolute Gasteiger partial charge is 0.357 e. The molecule has 0 saturated carbocycles. The lowest BCUT2D eigenvalue weighted by atomic mass is 10.4. The maximum atomic E-state index is 5.72. The van der Waals surface area contributed by atoms with Crippen LogP contribution in [-0.2, 0) is 9.47 Å². The maximum Gasteiger partial charge on any atom is 0.136 e. The molecule has 0 aromatic rings. The van der Waals surface area contributed by atoms with Gasteiger partial charge in [-0.05, 0) is 27.2 Å². The van der Waals surface area contributed by atoms with Gasteiger partial charge in [-0.2, -0.15) is 0 Å². The Morgan fingerprint density at radius 2 is 1.73 bits per heavy atom. The van der Waals surface area contributed by atoms with E-state index in [9.17, 15) is 0 Å². The van der Waals surface area contributed by atoms with Crippen molar-refractivity contribution in [1.82, 2.24) is 5.32 Å². The average Bonchev–Trinajstić information content (AvgIpc) is 2.16. The van der Waals surface area contributed by atoms with Crippen molar-refractivity contribution in [2.75, 3.05) is 13.2 Å². The molecule has 0 aromatic carbocycles. The number of rotatable bonds is 9. The first-order chi connectivity index (χ1) is 7.13. The molecule has 0 bridgehead atoms. The number of ether oxygens (including phenoxy) is 2. The van der Waals surface area contributed by atoms with Gasteiger partial charge in [0.25, 0.3) is 0 Å². The van der Waals surface area contributed by atoms with Crippen LogP contribution < -0.4 is 11.1 Å². The van der Waals surface area contributed by atoms with Crippen molar-refractivity contribution in [2.45, 2.75) is 51.9 Å². The minimum atomic E-state index is -0.461. The molecule has 0 aromatic heterocycles. The van der Waals surface area contributed by atoms with Crippen molar-refractivity contribution in [3.63, 3.8) is 0 Å². The van der Waals surface area contributed by atoms with E-state index in [-0.39, 0.29) is 12.1 Å². The number of nitrogens with two attached hydrogens (primary N) is 1. The molecule has 0 fully saturated rings. The van der Waals surface area contributed by atoms with Crippen LogP contribution in [-0.4, -0.2) is 40.5 Å². The molecular formula is C10H26N2O2Si. The fourth-order valence-corrected chi connectivity index (χ4v) is 3.56. The first-order valence-electron chi connectivity index (χ1n) is 5.88. The third-order valence-electron chi connectivity index (χ3n) is 2.17. The minimum absolute atomic E-state index is 0.0243. The van der Waals surface area contributed by atoms with Crippen LogP contribution in [0.1, 0.15) is 34.1 Å². The van der Waals surface area contributed by atoms with Crippen molar-refractivity contribution in [3.05, 3.63) is 0 Å². The van der Waals surface area contributed by atoms with E-state index in [2.05, 4.69) is 12.2 Å². The predicted octanol–water partition coefficient (Wildman–Crippen LogP) is 0.142. The van der Waals surface area contributed by atoms with Gasteiger partial charge in [0, 0.05) is 18.9 Å². The van der Waals surface area contributed by atoms with Gasteiger partial charge in [0.15, 0.2) is 0 Å². The van der Waals surface area contributed by atoms with Crippen LogP contribution in [0.2, 0.25) is 0 Å². The first kappa shape index (κ1) is 15.1. The summed E-state index contributed by atoms with van der Waals surface area (Å²) in [6.45, 7) is 9.56. The maximum absolute atomic E-state index is 5.72. The molecule has 0 spiro atoms. The summed E-state index contributed by atoms with van der Waals surface area (Å²) in [7, 11) is -0.461. The number of nitrogens with one attached hydrogen (secondary N) is 1. The van der Waals surface area contributed by atoms with Crippen LogP contribution in [0.15, 0.2) is 0 Å². The topological polar surface area (TPSA) is 56.5 Å². The molecule has 15 heavy (non-hydrogen) atoms. The lowest BCUT2D eigenvalue weighted by Gasteiger charge is -2.24. The molecule has 5 heteroatoms. The van der Waals surface area contributed by atoms with Gasteiger partial charge in [-0.15, -0.1) is 0 Å². The van der Waals surface area contributed by atoms with E-state index in [0.29, 0.717) is 18.9 Å². The van der Waals surface area contributed by atoms with E-state index in [1.807, 2.05) is 20.8 Å². The van der Waals surface area contributed by atoms with Crippen molar-refractivity contribution in [2.24, 2.45) is 5.73 Å². The van der Waals surface area contributed by atoms with Crippen LogP contribution in [0.25, 0.3) is 0 Å². The molecule has 0 aliphatic heterocycles. The molecule has 0 aliphatic carbocycles. The molecule has 2 atom stereocenters. The monoisotopic (exact) mass is 234 g/mol. The van der Waals surface area contributed by atoms with Gasteiger partial charge in [-0.3, -0.25) is 0 Å². The second-order valence-electron chi connectivity index (χ2n) is 3.64. The fraction of sp³-hybridized carbons (Fsp3) is 1.00. The zero-order valence-electron chi connectivity index (χ0n) is 10.5. The van der Waals surface area contributed by atoms with E-state index in [0.717, 1.165) is 6.42 Å². The Kier molecular flexibility index (Phi) is 9.33. The fourth-order valence-electron chi connectivity index (χ4n) is 1.51. The summed E-state index contributed by atoms with van der Waals surface area (Å²) in [5, 5.41) is 3.36. The zero-order chi connectivity index (χ0) is 11.7. The second-order valence-corrected chi connectivity index (χ2v) is 5.76. The van der Waals surface area contributed by atoms with Gasteiger partial charge >= 0.3 is 0 Å². The normalized spacial score (nSPS) is 16.4.